The number of nitrogens with zero attached hydrogens (tertiary/aromatic N) is 3. The Kier molecular flexibility index (Phi) is 3.21. The number of hydrogen-bond donors (Lipinski definition) is 1. The monoisotopic (exact) mass is 240 g/mol. The van der Waals surface area contributed by atoms with Crippen LogP contribution < -0.4 is 10.6 Å². The Hall–Kier alpha value is -1.00. The van der Waals surface area contributed by atoms with Crippen molar-refractivity contribution in [2.75, 3.05) is 37.3 Å². The van der Waals surface area contributed by atoms with Crippen molar-refractivity contribution >= 4 is 23.1 Å². The van der Waals surface area contributed by atoms with Gasteiger partial charge in [-0.05, 0) is 26.1 Å². The first-order valence-corrected chi connectivity index (χ1v) is 5.83. The molecule has 0 amide bonds. The summed E-state index contributed by atoms with van der Waals surface area (Å²) in [5, 5.41) is 0.496. The molecule has 0 radical (unpaired) electrons. The number of rotatable bonds is 1. The van der Waals surface area contributed by atoms with Crippen LogP contribution in [0.2, 0.25) is 5.15 Å². The van der Waals surface area contributed by atoms with Crippen molar-refractivity contribution in [1.29, 1.82) is 0 Å². The van der Waals surface area contributed by atoms with Crippen LogP contribution >= 0.6 is 11.6 Å². The van der Waals surface area contributed by atoms with E-state index < -0.39 is 0 Å². The lowest BCUT2D eigenvalue weighted by Gasteiger charge is -2.39. The van der Waals surface area contributed by atoms with E-state index in [1.807, 2.05) is 6.07 Å². The summed E-state index contributed by atoms with van der Waals surface area (Å²) in [5.41, 5.74) is 6.64. The highest BCUT2D eigenvalue weighted by Gasteiger charge is 2.24. The van der Waals surface area contributed by atoms with Crippen molar-refractivity contribution in [2.24, 2.45) is 0 Å². The molecule has 2 N–H and O–H groups in total. The van der Waals surface area contributed by atoms with Gasteiger partial charge in [0.05, 0.1) is 5.69 Å². The molecule has 0 aliphatic carbocycles. The largest absolute Gasteiger partial charge is 0.396 e. The predicted molar refractivity (Wildman–Crippen MR) is 68.0 cm³/mol. The maximum atomic E-state index is 5.94. The molecule has 1 unspecified atom stereocenters. The number of hydrogen-bond acceptors (Lipinski definition) is 4. The Morgan fingerprint density at radius 3 is 2.88 bits per heavy atom. The third-order valence-corrected chi connectivity index (χ3v) is 3.18. The molecule has 4 nitrogen and oxygen atoms in total. The van der Waals surface area contributed by atoms with Gasteiger partial charge in [-0.3, -0.25) is 0 Å². The van der Waals surface area contributed by atoms with Crippen molar-refractivity contribution in [1.82, 2.24) is 9.88 Å². The van der Waals surface area contributed by atoms with Crippen LogP contribution in [0.1, 0.15) is 6.92 Å². The lowest BCUT2D eigenvalue weighted by Crippen LogP contribution is -2.51. The van der Waals surface area contributed by atoms with Crippen molar-refractivity contribution in [3.63, 3.8) is 0 Å². The van der Waals surface area contributed by atoms with Gasteiger partial charge >= 0.3 is 0 Å². The van der Waals surface area contributed by atoms with E-state index in [2.05, 4.69) is 28.8 Å². The molecule has 16 heavy (non-hydrogen) atoms. The van der Waals surface area contributed by atoms with Gasteiger partial charge in [0.15, 0.2) is 5.82 Å². The molecule has 5 heteroatoms. The highest BCUT2D eigenvalue weighted by atomic mass is 35.5. The summed E-state index contributed by atoms with van der Waals surface area (Å²) >= 11 is 5.91. The van der Waals surface area contributed by atoms with Gasteiger partial charge in [-0.1, -0.05) is 11.6 Å². The van der Waals surface area contributed by atoms with Gasteiger partial charge in [-0.25, -0.2) is 4.98 Å². The number of nitrogens with two attached hydrogens (primary N) is 1. The first-order valence-electron chi connectivity index (χ1n) is 5.45. The molecular formula is C11H17ClN4. The predicted octanol–water partition coefficient (Wildman–Crippen LogP) is 1.46. The quantitative estimate of drug-likeness (QED) is 0.755. The lowest BCUT2D eigenvalue weighted by molar-refractivity contribution is 0.275. The van der Waals surface area contributed by atoms with Crippen LogP contribution in [-0.4, -0.2) is 42.6 Å². The van der Waals surface area contributed by atoms with Crippen LogP contribution in [0.3, 0.4) is 0 Å². The minimum atomic E-state index is 0.409. The van der Waals surface area contributed by atoms with Crippen molar-refractivity contribution in [2.45, 2.75) is 13.0 Å². The van der Waals surface area contributed by atoms with Crippen molar-refractivity contribution in [3.05, 3.63) is 17.3 Å². The van der Waals surface area contributed by atoms with Gasteiger partial charge in [0.25, 0.3) is 0 Å². The van der Waals surface area contributed by atoms with Crippen LogP contribution in [-0.2, 0) is 0 Å². The Labute approximate surface area is 101 Å². The summed E-state index contributed by atoms with van der Waals surface area (Å²) in [6, 6.07) is 3.95. The normalized spacial score (nSPS) is 22.4. The summed E-state index contributed by atoms with van der Waals surface area (Å²) in [4.78, 5) is 8.85. The molecule has 1 aromatic heterocycles. The van der Waals surface area contributed by atoms with Crippen LogP contribution in [0.5, 0.6) is 0 Å². The molecule has 0 spiro atoms. The number of aromatic nitrogens is 1. The fraction of sp³-hybridized carbons (Fsp3) is 0.545. The Morgan fingerprint density at radius 2 is 2.19 bits per heavy atom. The molecule has 1 aliphatic heterocycles. The molecule has 1 aromatic rings. The van der Waals surface area contributed by atoms with Gasteiger partial charge in [0.1, 0.15) is 5.15 Å². The fourth-order valence-electron chi connectivity index (χ4n) is 2.12. The second-order valence-corrected chi connectivity index (χ2v) is 4.74. The van der Waals surface area contributed by atoms with E-state index in [1.54, 1.807) is 6.07 Å². The van der Waals surface area contributed by atoms with Crippen LogP contribution in [0.4, 0.5) is 11.5 Å². The van der Waals surface area contributed by atoms with Gasteiger partial charge in [0.2, 0.25) is 0 Å². The maximum absolute atomic E-state index is 5.94. The SMILES string of the molecule is CC1CN(C)CCN1c1nc(Cl)ccc1N. The van der Waals surface area contributed by atoms with E-state index in [0.717, 1.165) is 25.5 Å². The Morgan fingerprint density at radius 1 is 1.44 bits per heavy atom. The average molecular weight is 241 g/mol. The van der Waals surface area contributed by atoms with Crippen molar-refractivity contribution < 1.29 is 0 Å². The second kappa shape index (κ2) is 4.47. The van der Waals surface area contributed by atoms with E-state index in [1.165, 1.54) is 0 Å². The molecule has 1 saturated heterocycles. The number of halogens is 1. The minimum absolute atomic E-state index is 0.409. The summed E-state index contributed by atoms with van der Waals surface area (Å²) < 4.78 is 0. The number of pyridine rings is 1. The third-order valence-electron chi connectivity index (χ3n) is 2.97. The van der Waals surface area contributed by atoms with Crippen LogP contribution in [0, 0.1) is 0 Å². The molecule has 0 saturated carbocycles. The smallest absolute Gasteiger partial charge is 0.153 e. The van der Waals surface area contributed by atoms with Gasteiger partial charge < -0.3 is 15.5 Å². The fourth-order valence-corrected chi connectivity index (χ4v) is 2.26. The Bertz CT molecular complexity index is 382. The number of nitrogen functional groups attached to an aromatic ring is 1. The van der Waals surface area contributed by atoms with Gasteiger partial charge in [-0.2, -0.15) is 0 Å². The molecule has 1 aliphatic rings. The first kappa shape index (κ1) is 11.5. The zero-order valence-corrected chi connectivity index (χ0v) is 10.4. The molecule has 0 aromatic carbocycles. The number of likely N-dealkylation sites (N-methyl/N-ethyl adjacent to an activating group) is 1. The van der Waals surface area contributed by atoms with Crippen LogP contribution in [0.15, 0.2) is 12.1 Å². The first-order chi connectivity index (χ1) is 7.58. The highest BCUT2D eigenvalue weighted by Crippen LogP contribution is 2.26. The average Bonchev–Trinajstić information content (AvgIpc) is 2.22. The summed E-state index contributed by atoms with van der Waals surface area (Å²) in [5.74, 6) is 0.813. The maximum Gasteiger partial charge on any atom is 0.153 e. The van der Waals surface area contributed by atoms with Gasteiger partial charge in [-0.15, -0.1) is 0 Å². The lowest BCUT2D eigenvalue weighted by atomic mass is 10.2. The van der Waals surface area contributed by atoms with E-state index in [4.69, 9.17) is 17.3 Å². The minimum Gasteiger partial charge on any atom is -0.396 e. The van der Waals surface area contributed by atoms with E-state index in [-0.39, 0.29) is 0 Å². The third kappa shape index (κ3) is 2.23. The van der Waals surface area contributed by atoms with E-state index >= 15 is 0 Å². The molecule has 88 valence electrons. The standard InChI is InChI=1S/C11H17ClN4/c1-8-7-15(2)5-6-16(8)11-9(13)3-4-10(12)14-11/h3-4,8H,5-7,13H2,1-2H3. The van der Waals surface area contributed by atoms with E-state index in [0.29, 0.717) is 16.9 Å². The zero-order chi connectivity index (χ0) is 11.7. The van der Waals surface area contributed by atoms with Gasteiger partial charge in [0, 0.05) is 25.7 Å². The highest BCUT2D eigenvalue weighted by molar-refractivity contribution is 6.29. The summed E-state index contributed by atoms with van der Waals surface area (Å²) in [7, 11) is 2.13. The summed E-state index contributed by atoms with van der Waals surface area (Å²) in [6.07, 6.45) is 0. The molecule has 0 bridgehead atoms. The zero-order valence-electron chi connectivity index (χ0n) is 9.65. The number of anilines is 2. The van der Waals surface area contributed by atoms with Crippen molar-refractivity contribution in [3.8, 4) is 0 Å². The molecule has 2 heterocycles. The second-order valence-electron chi connectivity index (χ2n) is 4.35. The molecule has 1 fully saturated rings. The topological polar surface area (TPSA) is 45.4 Å². The molecular weight excluding hydrogens is 224 g/mol. The van der Waals surface area contributed by atoms with E-state index in [9.17, 15) is 0 Å². The molecule has 2 rings (SSSR count). The Balaban J connectivity index is 2.26. The number of piperazine rings is 1. The van der Waals surface area contributed by atoms with Crippen LogP contribution in [0.25, 0.3) is 0 Å². The molecule has 1 atom stereocenters. The summed E-state index contributed by atoms with van der Waals surface area (Å²) in [6.45, 7) is 5.17.